The lowest BCUT2D eigenvalue weighted by atomic mass is 9.74. The fourth-order valence-electron chi connectivity index (χ4n) is 10.8. The minimum Gasteiger partial charge on any atom is -0.310 e. The van der Waals surface area contributed by atoms with Gasteiger partial charge in [0.25, 0.3) is 0 Å². The fourth-order valence-corrected chi connectivity index (χ4v) is 12.1. The van der Waals surface area contributed by atoms with Crippen molar-refractivity contribution in [3.63, 3.8) is 0 Å². The van der Waals surface area contributed by atoms with E-state index in [2.05, 4.69) is 283 Å². The normalized spacial score (nSPS) is 12.9. The highest BCUT2D eigenvalue weighted by atomic mass is 32.1. The third-order valence-corrected chi connectivity index (χ3v) is 15.4. The van der Waals surface area contributed by atoms with E-state index >= 15 is 0 Å². The second-order valence-corrected chi connectivity index (χ2v) is 19.5. The van der Waals surface area contributed by atoms with Gasteiger partial charge in [0.05, 0.1) is 0 Å². The molecule has 12 aromatic rings. The molecule has 1 aromatic heterocycles. The van der Waals surface area contributed by atoms with Gasteiger partial charge in [-0.1, -0.05) is 200 Å². The van der Waals surface area contributed by atoms with Crippen molar-refractivity contribution >= 4 is 65.6 Å². The van der Waals surface area contributed by atoms with Crippen LogP contribution in [-0.2, 0) is 6.42 Å². The summed E-state index contributed by atoms with van der Waals surface area (Å²) in [5.74, 6) is 0.227. The zero-order valence-electron chi connectivity index (χ0n) is 39.1. The number of nitrogens with zero attached hydrogens (tertiary/aromatic N) is 2. The SMILES string of the molecule is c1ccc(-c2ccc(N(c3ccccc3)c3cc(-c4ccc5c(c4)C[C@@H](c4ccccc4)c4ccc6c(sc7ccccc76)c4-5)cc(N(c4ccccc4)c4ccc(-c5ccccc5)cc4)c3)cc2)cc1. The average molecular weight is 925 g/mol. The summed E-state index contributed by atoms with van der Waals surface area (Å²) in [5.41, 5.74) is 20.4. The summed E-state index contributed by atoms with van der Waals surface area (Å²) >= 11 is 1.93. The molecule has 13 rings (SSSR count). The second-order valence-electron chi connectivity index (χ2n) is 18.4. The highest BCUT2D eigenvalue weighted by Gasteiger charge is 2.29. The first kappa shape index (κ1) is 42.4. The maximum Gasteiger partial charge on any atom is 0.0488 e. The molecule has 0 N–H and O–H groups in total. The zero-order chi connectivity index (χ0) is 47.1. The molecule has 0 aliphatic heterocycles. The van der Waals surface area contributed by atoms with Crippen molar-refractivity contribution in [1.29, 1.82) is 0 Å². The van der Waals surface area contributed by atoms with E-state index in [9.17, 15) is 0 Å². The Hall–Kier alpha value is -8.76. The zero-order valence-corrected chi connectivity index (χ0v) is 39.9. The van der Waals surface area contributed by atoms with Gasteiger partial charge in [-0.25, -0.2) is 0 Å². The smallest absolute Gasteiger partial charge is 0.0488 e. The van der Waals surface area contributed by atoms with Crippen LogP contribution in [0.2, 0.25) is 0 Å². The lowest BCUT2D eigenvalue weighted by Gasteiger charge is -2.31. The van der Waals surface area contributed by atoms with E-state index in [1.165, 1.54) is 75.8 Å². The van der Waals surface area contributed by atoms with Gasteiger partial charge in [-0.3, -0.25) is 0 Å². The molecule has 11 aromatic carbocycles. The van der Waals surface area contributed by atoms with Gasteiger partial charge in [-0.15, -0.1) is 11.3 Å². The van der Waals surface area contributed by atoms with Crippen LogP contribution in [0.5, 0.6) is 0 Å². The number of rotatable bonds is 10. The molecule has 0 saturated carbocycles. The quantitative estimate of drug-likeness (QED) is 0.135. The number of hydrogen-bond acceptors (Lipinski definition) is 3. The van der Waals surface area contributed by atoms with Crippen molar-refractivity contribution in [3.05, 3.63) is 290 Å². The topological polar surface area (TPSA) is 6.48 Å². The summed E-state index contributed by atoms with van der Waals surface area (Å²) in [5, 5.41) is 2.66. The van der Waals surface area contributed by atoms with E-state index in [0.717, 1.165) is 46.1 Å². The summed E-state index contributed by atoms with van der Waals surface area (Å²) < 4.78 is 2.70. The van der Waals surface area contributed by atoms with Crippen molar-refractivity contribution in [3.8, 4) is 44.5 Å². The van der Waals surface area contributed by atoms with Gasteiger partial charge >= 0.3 is 0 Å². The van der Waals surface area contributed by atoms with Crippen molar-refractivity contribution in [2.75, 3.05) is 9.80 Å². The fraction of sp³-hybridized carbons (Fsp3) is 0.0294. The highest BCUT2D eigenvalue weighted by Crippen LogP contribution is 2.51. The van der Waals surface area contributed by atoms with Crippen LogP contribution < -0.4 is 9.80 Å². The molecule has 336 valence electrons. The Kier molecular flexibility index (Phi) is 10.9. The Balaban J connectivity index is 1.02. The van der Waals surface area contributed by atoms with Gasteiger partial charge in [0.1, 0.15) is 0 Å². The Labute approximate surface area is 419 Å². The Bertz CT molecular complexity index is 3670. The predicted octanol–water partition coefficient (Wildman–Crippen LogP) is 19.4. The molecule has 0 spiro atoms. The van der Waals surface area contributed by atoms with Crippen molar-refractivity contribution < 1.29 is 0 Å². The molecule has 1 heterocycles. The predicted molar refractivity (Wildman–Crippen MR) is 302 cm³/mol. The van der Waals surface area contributed by atoms with Crippen LogP contribution in [0.1, 0.15) is 22.6 Å². The summed E-state index contributed by atoms with van der Waals surface area (Å²) in [6.07, 6.45) is 0.914. The molecule has 1 atom stereocenters. The van der Waals surface area contributed by atoms with Crippen molar-refractivity contribution in [2.24, 2.45) is 0 Å². The molecule has 0 amide bonds. The molecular weight excluding hydrogens is 877 g/mol. The molecule has 0 fully saturated rings. The Morgan fingerprint density at radius 2 is 0.789 bits per heavy atom. The first-order valence-corrected chi connectivity index (χ1v) is 25.3. The summed E-state index contributed by atoms with van der Waals surface area (Å²) in [6, 6.07) is 100. The number of hydrogen-bond donors (Lipinski definition) is 0. The van der Waals surface area contributed by atoms with Crippen LogP contribution in [0.4, 0.5) is 34.1 Å². The maximum absolute atomic E-state index is 2.49. The number of anilines is 6. The maximum atomic E-state index is 2.49. The van der Waals surface area contributed by atoms with Gasteiger partial charge in [-0.2, -0.15) is 0 Å². The first-order chi connectivity index (χ1) is 35.2. The lowest BCUT2D eigenvalue weighted by molar-refractivity contribution is 0.796. The summed E-state index contributed by atoms with van der Waals surface area (Å²) in [6.45, 7) is 0. The Morgan fingerprint density at radius 1 is 0.324 bits per heavy atom. The highest BCUT2D eigenvalue weighted by molar-refractivity contribution is 7.26. The van der Waals surface area contributed by atoms with Gasteiger partial charge in [0, 0.05) is 65.8 Å². The molecular formula is C68H48N2S. The third-order valence-electron chi connectivity index (χ3n) is 14.2. The van der Waals surface area contributed by atoms with Crippen LogP contribution in [-0.4, -0.2) is 0 Å². The van der Waals surface area contributed by atoms with Crippen LogP contribution in [0.15, 0.2) is 273 Å². The standard InChI is InChI=1S/C68H48N2S/c1-6-18-47(19-7-1)49-30-35-57(36-31-49)69(55-24-12-4-13-25-55)59-43-53(44-60(46-59)70(56-26-14-5-15-27-56)58-37-32-50(33-38-58)48-20-8-2-9-21-48)52-34-39-61-54(42-52)45-65(51-22-10-3-11-23-51)63-40-41-64-62-28-16-17-29-66(62)71-68(64)67(61)63/h1-44,46,65H,45H2/t65-/m0/s1. The lowest BCUT2D eigenvalue weighted by Crippen LogP contribution is -2.14. The van der Waals surface area contributed by atoms with E-state index < -0.39 is 0 Å². The van der Waals surface area contributed by atoms with E-state index in [1.54, 1.807) is 0 Å². The van der Waals surface area contributed by atoms with E-state index in [0.29, 0.717) is 0 Å². The molecule has 3 heteroatoms. The third kappa shape index (κ3) is 7.97. The molecule has 0 bridgehead atoms. The largest absolute Gasteiger partial charge is 0.310 e. The number of thiophene rings is 1. The van der Waals surface area contributed by atoms with Crippen molar-refractivity contribution in [2.45, 2.75) is 12.3 Å². The minimum atomic E-state index is 0.227. The molecule has 1 aliphatic carbocycles. The van der Waals surface area contributed by atoms with Crippen LogP contribution in [0, 0.1) is 0 Å². The molecule has 2 nitrogen and oxygen atoms in total. The molecule has 0 radical (unpaired) electrons. The van der Waals surface area contributed by atoms with E-state index in [4.69, 9.17) is 0 Å². The van der Waals surface area contributed by atoms with Gasteiger partial charge in [0.2, 0.25) is 0 Å². The molecule has 0 saturated heterocycles. The molecule has 71 heavy (non-hydrogen) atoms. The van der Waals surface area contributed by atoms with E-state index in [-0.39, 0.29) is 5.92 Å². The van der Waals surface area contributed by atoms with Gasteiger partial charge in [0.15, 0.2) is 0 Å². The van der Waals surface area contributed by atoms with Crippen LogP contribution in [0.3, 0.4) is 0 Å². The first-order valence-electron chi connectivity index (χ1n) is 24.5. The minimum absolute atomic E-state index is 0.227. The van der Waals surface area contributed by atoms with Crippen LogP contribution >= 0.6 is 11.3 Å². The van der Waals surface area contributed by atoms with E-state index in [1.807, 2.05) is 11.3 Å². The van der Waals surface area contributed by atoms with Crippen LogP contribution in [0.25, 0.3) is 64.7 Å². The van der Waals surface area contributed by atoms with Crippen molar-refractivity contribution in [1.82, 2.24) is 0 Å². The summed E-state index contributed by atoms with van der Waals surface area (Å²) in [4.78, 5) is 4.81. The number of fused-ring (bicyclic) bond motifs is 7. The Morgan fingerprint density at radius 3 is 1.35 bits per heavy atom. The molecule has 1 aliphatic rings. The number of para-hydroxylation sites is 2. The van der Waals surface area contributed by atoms with Gasteiger partial charge < -0.3 is 9.80 Å². The second kappa shape index (κ2) is 18.3. The average Bonchev–Trinajstić information content (AvgIpc) is 3.84. The number of benzene rings is 11. The summed E-state index contributed by atoms with van der Waals surface area (Å²) in [7, 11) is 0. The molecule has 0 unspecified atom stereocenters. The monoisotopic (exact) mass is 924 g/mol. The van der Waals surface area contributed by atoms with Gasteiger partial charge in [-0.05, 0) is 135 Å².